The van der Waals surface area contributed by atoms with Gasteiger partial charge in [-0.15, -0.1) is 28.4 Å². The van der Waals surface area contributed by atoms with E-state index < -0.39 is 0 Å². The Hall–Kier alpha value is -3.06. The topological polar surface area (TPSA) is 143 Å². The maximum atomic E-state index is 10.9. The second-order valence-corrected chi connectivity index (χ2v) is 21.7. The molecule has 2 aromatic carbocycles. The summed E-state index contributed by atoms with van der Waals surface area (Å²) in [4.78, 5) is 8.19. The summed E-state index contributed by atoms with van der Waals surface area (Å²) in [7, 11) is -0.541. The van der Waals surface area contributed by atoms with E-state index in [0.717, 1.165) is 30.6 Å². The minimum atomic E-state index is -0.360. The van der Waals surface area contributed by atoms with Gasteiger partial charge in [0.1, 0.15) is 24.5 Å². The molecule has 2 fully saturated rings. The predicted octanol–water partition coefficient (Wildman–Crippen LogP) is 12.6. The molecule has 2 aliphatic heterocycles. The van der Waals surface area contributed by atoms with Crippen LogP contribution < -0.4 is 9.84 Å². The molecule has 66 heavy (non-hydrogen) atoms. The third kappa shape index (κ3) is 17.5. The van der Waals surface area contributed by atoms with Crippen LogP contribution in [-0.2, 0) is 18.6 Å². The third-order valence-electron chi connectivity index (χ3n) is 12.4. The smallest absolute Gasteiger partial charge is 0.486 e. The van der Waals surface area contributed by atoms with Crippen LogP contribution in [0.2, 0.25) is 0 Å². The first-order chi connectivity index (χ1) is 31.2. The van der Waals surface area contributed by atoms with Gasteiger partial charge in [-0.05, 0) is 105 Å². The second kappa shape index (κ2) is 27.2. The molecule has 16 heteroatoms. The molecule has 2 aromatic heterocycles. The molecule has 4 aromatic rings. The van der Waals surface area contributed by atoms with Crippen molar-refractivity contribution in [3.63, 3.8) is 0 Å². The van der Waals surface area contributed by atoms with Crippen LogP contribution in [0.4, 0.5) is 0 Å². The molecule has 11 nitrogen and oxygen atoms in total. The molecule has 0 aliphatic carbocycles. The lowest BCUT2D eigenvalue weighted by atomic mass is 9.90. The summed E-state index contributed by atoms with van der Waals surface area (Å²) in [6.45, 7) is 31.8. The van der Waals surface area contributed by atoms with E-state index in [2.05, 4.69) is 100 Å². The van der Waals surface area contributed by atoms with Crippen molar-refractivity contribution in [1.82, 2.24) is 9.97 Å². The van der Waals surface area contributed by atoms with E-state index >= 15 is 0 Å². The maximum absolute atomic E-state index is 10.9. The molecule has 0 radical (unpaired) electrons. The van der Waals surface area contributed by atoms with Gasteiger partial charge in [0.2, 0.25) is 0 Å². The van der Waals surface area contributed by atoms with E-state index in [4.69, 9.17) is 33.9 Å². The first-order valence-corrected chi connectivity index (χ1v) is 26.8. The van der Waals surface area contributed by atoms with Crippen LogP contribution in [0.1, 0.15) is 144 Å². The highest BCUT2D eigenvalue weighted by Crippen LogP contribution is 2.38. The standard InChI is InChI=1S/C17H19BN2O3S.C16H36N.C9H16BIO2.C8H4N2OS/c1-16(2)17(3,4)23-18(22-16)8-5-9-21-12-6-7-13-14(10-12)24-15(11-19)20-13;1-5-9-13-17(14-10-6-2,15-11-7-3)16-12-8-4;1-8(2)9(3,4)13-10(12-8)6-5-7-11;9-4-8-10-6-2-1-5(11)3-7(6)12-8/h5-8,10H,9H2,1-4H3;5-16H2,1-4H3;5-6H,7H2,1-4H3;1-3,11H/q;+1;;/p-1/b8-5+;;6-5+;. The average molecular weight is 1050 g/mol. The number of nitriles is 2. The number of ether oxygens (including phenoxy) is 1. The van der Waals surface area contributed by atoms with Crippen LogP contribution in [0.3, 0.4) is 0 Å². The number of alkyl halides is 1. The largest absolute Gasteiger partial charge is 0.872 e. The zero-order chi connectivity index (χ0) is 49.0. The number of allylic oxidation sites excluding steroid dienone is 1. The number of rotatable bonds is 18. The molecule has 2 aliphatic rings. The number of nitrogens with zero attached hydrogens (tertiary/aromatic N) is 5. The fourth-order valence-electron chi connectivity index (χ4n) is 7.05. The van der Waals surface area contributed by atoms with Crippen molar-refractivity contribution in [2.75, 3.05) is 37.2 Å². The lowest BCUT2D eigenvalue weighted by Gasteiger charge is -2.39. The summed E-state index contributed by atoms with van der Waals surface area (Å²) in [5.74, 6) is 4.54. The number of thiazole rings is 2. The Balaban J connectivity index is 0.000000243. The van der Waals surface area contributed by atoms with Crippen molar-refractivity contribution in [2.24, 2.45) is 0 Å². The van der Waals surface area contributed by atoms with Gasteiger partial charge in [0.15, 0.2) is 10.0 Å². The molecule has 2 saturated heterocycles. The first-order valence-electron chi connectivity index (χ1n) is 23.6. The molecule has 0 N–H and O–H groups in total. The zero-order valence-corrected chi connectivity index (χ0v) is 45.5. The summed E-state index contributed by atoms with van der Waals surface area (Å²) < 4.78 is 33.1. The van der Waals surface area contributed by atoms with E-state index in [1.165, 1.54) is 117 Å². The number of hydrogen-bond donors (Lipinski definition) is 0. The molecule has 0 saturated carbocycles. The second-order valence-electron chi connectivity index (χ2n) is 18.7. The van der Waals surface area contributed by atoms with Crippen molar-refractivity contribution in [1.29, 1.82) is 10.5 Å². The summed E-state index contributed by atoms with van der Waals surface area (Å²) in [5, 5.41) is 29.2. The molecule has 6 rings (SSSR count). The monoisotopic (exact) mass is 1050 g/mol. The normalized spacial score (nSPS) is 16.9. The van der Waals surface area contributed by atoms with Crippen molar-refractivity contribution < 1.29 is 32.9 Å². The summed E-state index contributed by atoms with van der Waals surface area (Å²) in [5.41, 5.74) is 0.435. The van der Waals surface area contributed by atoms with Gasteiger partial charge in [-0.3, -0.25) is 0 Å². The molecular weight excluding hydrogens is 979 g/mol. The molecule has 4 heterocycles. The highest BCUT2D eigenvalue weighted by atomic mass is 127. The van der Waals surface area contributed by atoms with Crippen molar-refractivity contribution in [2.45, 2.75) is 157 Å². The Bertz CT molecular complexity index is 2160. The van der Waals surface area contributed by atoms with Gasteiger partial charge in [-0.25, -0.2) is 9.97 Å². The summed E-state index contributed by atoms with van der Waals surface area (Å²) in [6, 6.07) is 14.2. The molecule has 0 atom stereocenters. The Labute approximate surface area is 419 Å². The van der Waals surface area contributed by atoms with E-state index in [1.54, 1.807) is 6.07 Å². The van der Waals surface area contributed by atoms with Gasteiger partial charge >= 0.3 is 14.2 Å². The van der Waals surface area contributed by atoms with Gasteiger partial charge in [0.25, 0.3) is 0 Å². The van der Waals surface area contributed by atoms with E-state index in [9.17, 15) is 5.11 Å². The fraction of sp³-hybridized carbons (Fsp3) is 0.600. The molecule has 0 spiro atoms. The highest BCUT2D eigenvalue weighted by Gasteiger charge is 2.51. The Morgan fingerprint density at radius 2 is 1.05 bits per heavy atom. The van der Waals surface area contributed by atoms with Crippen LogP contribution in [0.25, 0.3) is 20.4 Å². The van der Waals surface area contributed by atoms with Crippen molar-refractivity contribution in [3.05, 3.63) is 70.5 Å². The Morgan fingerprint density at radius 3 is 1.44 bits per heavy atom. The van der Waals surface area contributed by atoms with Crippen molar-refractivity contribution in [3.8, 4) is 23.6 Å². The number of benzene rings is 2. The van der Waals surface area contributed by atoms with Gasteiger partial charge in [-0.2, -0.15) is 10.5 Å². The zero-order valence-electron chi connectivity index (χ0n) is 41.7. The number of halogens is 1. The molecule has 360 valence electrons. The van der Waals surface area contributed by atoms with Crippen LogP contribution in [-0.4, -0.2) is 88.3 Å². The quantitative estimate of drug-likeness (QED) is 0.0409. The molecular formula is C50H74B2IN5O6S2. The van der Waals surface area contributed by atoms with Crippen LogP contribution in [0.5, 0.6) is 11.5 Å². The first kappa shape index (κ1) is 57.3. The van der Waals surface area contributed by atoms with E-state index in [0.29, 0.717) is 16.6 Å². The van der Waals surface area contributed by atoms with Crippen LogP contribution in [0.15, 0.2) is 60.5 Å². The summed E-state index contributed by atoms with van der Waals surface area (Å²) >= 11 is 4.89. The Kier molecular flexibility index (Phi) is 23.6. The van der Waals surface area contributed by atoms with Crippen molar-refractivity contribution >= 4 is 79.9 Å². The van der Waals surface area contributed by atoms with E-state index in [-0.39, 0.29) is 42.4 Å². The predicted molar refractivity (Wildman–Crippen MR) is 282 cm³/mol. The maximum Gasteiger partial charge on any atom is 0.486 e. The summed E-state index contributed by atoms with van der Waals surface area (Å²) in [6.07, 6.45) is 15.0. The molecule has 0 amide bonds. The number of unbranched alkanes of at least 4 members (excludes halogenated alkanes) is 4. The average Bonchev–Trinajstić information content (AvgIpc) is 4.00. The van der Waals surface area contributed by atoms with Crippen LogP contribution >= 0.6 is 45.3 Å². The molecule has 0 unspecified atom stereocenters. The van der Waals surface area contributed by atoms with Gasteiger partial charge < -0.3 is 32.9 Å². The minimum Gasteiger partial charge on any atom is -0.872 e. The minimum absolute atomic E-state index is 0.0457. The van der Waals surface area contributed by atoms with Crippen LogP contribution in [0, 0.1) is 22.7 Å². The van der Waals surface area contributed by atoms with Gasteiger partial charge in [0, 0.05) is 4.43 Å². The highest BCUT2D eigenvalue weighted by molar-refractivity contribution is 14.1. The fourth-order valence-corrected chi connectivity index (χ4v) is 8.92. The number of aromatic nitrogens is 2. The lowest BCUT2D eigenvalue weighted by Crippen LogP contribution is -2.50. The third-order valence-corrected chi connectivity index (χ3v) is 14.8. The number of quaternary nitrogens is 1. The SMILES string of the molecule is CC1(C)OB(/C=C/CI)OC1(C)C.CC1(C)OB(/C=C/COc2ccc3nc(C#N)sc3c2)OC1(C)C.CCCC[N+](CCCC)(CCCC)CCCC.N#Cc1nc2ccc([O-])cc2s1. The lowest BCUT2D eigenvalue weighted by molar-refractivity contribution is -0.929. The van der Waals surface area contributed by atoms with Gasteiger partial charge in [-0.1, -0.05) is 112 Å². The number of fused-ring (bicyclic) bond motifs is 2. The Morgan fingerprint density at radius 1 is 0.652 bits per heavy atom. The molecule has 0 bridgehead atoms. The van der Waals surface area contributed by atoms with Gasteiger partial charge in [0.05, 0.1) is 69.0 Å². The number of hydrogen-bond acceptors (Lipinski definition) is 12. The van der Waals surface area contributed by atoms with E-state index in [1.807, 2.05) is 70.0 Å².